The quantitative estimate of drug-likeness (QED) is 0.350. The van der Waals surface area contributed by atoms with E-state index in [1.165, 1.54) is 5.57 Å². The van der Waals surface area contributed by atoms with E-state index < -0.39 is 6.10 Å². The lowest BCUT2D eigenvalue weighted by Gasteiger charge is -2.31. The molecule has 2 aliphatic rings. The molecular weight excluding hydrogens is 390 g/mol. The van der Waals surface area contributed by atoms with Gasteiger partial charge in [0.25, 0.3) is 0 Å². The molecule has 0 bridgehead atoms. The van der Waals surface area contributed by atoms with Gasteiger partial charge in [-0.05, 0) is 64.7 Å². The van der Waals surface area contributed by atoms with Crippen molar-refractivity contribution in [3.05, 3.63) is 23.8 Å². The summed E-state index contributed by atoms with van der Waals surface area (Å²) in [6, 6.07) is 0. The van der Waals surface area contributed by atoms with Crippen molar-refractivity contribution < 1.29 is 19.7 Å². The average Bonchev–Trinajstić information content (AvgIpc) is 3.22. The first-order chi connectivity index (χ1) is 14.5. The molecule has 5 nitrogen and oxygen atoms in total. The van der Waals surface area contributed by atoms with Crippen LogP contribution >= 0.6 is 0 Å². The van der Waals surface area contributed by atoms with Crippen LogP contribution in [0.2, 0.25) is 0 Å². The molecule has 1 amide bonds. The van der Waals surface area contributed by atoms with Gasteiger partial charge < -0.3 is 19.8 Å². The minimum Gasteiger partial charge on any atom is -0.392 e. The number of hydrogen-bond acceptors (Lipinski definition) is 4. The lowest BCUT2D eigenvalue weighted by molar-refractivity contribution is -0.138. The van der Waals surface area contributed by atoms with E-state index in [1.54, 1.807) is 11.9 Å². The molecule has 6 atom stereocenters. The number of hydrogen-bond donors (Lipinski definition) is 2. The monoisotopic (exact) mass is 431 g/mol. The number of ether oxygens (including phenoxy) is 1. The number of likely N-dealkylation sites (N-methyl/N-ethyl adjacent to an activating group) is 1. The van der Waals surface area contributed by atoms with Gasteiger partial charge in [-0.25, -0.2) is 0 Å². The van der Waals surface area contributed by atoms with Gasteiger partial charge in [-0.3, -0.25) is 4.79 Å². The van der Waals surface area contributed by atoms with Crippen molar-refractivity contribution in [3.8, 4) is 11.8 Å². The first-order valence-corrected chi connectivity index (χ1v) is 11.5. The molecule has 0 aromatic rings. The molecule has 2 aliphatic carbocycles. The van der Waals surface area contributed by atoms with Crippen LogP contribution in [-0.2, 0) is 9.53 Å². The van der Waals surface area contributed by atoms with Crippen molar-refractivity contribution in [1.82, 2.24) is 4.90 Å². The maximum Gasteiger partial charge on any atom is 0.248 e. The zero-order valence-electron chi connectivity index (χ0n) is 20.1. The van der Waals surface area contributed by atoms with Crippen LogP contribution in [0.15, 0.2) is 23.8 Å². The van der Waals surface area contributed by atoms with Gasteiger partial charge in [0.05, 0.1) is 18.8 Å². The fraction of sp³-hybridized carbons (Fsp3) is 0.731. The molecule has 0 spiro atoms. The Balaban J connectivity index is 1.85. The van der Waals surface area contributed by atoms with Crippen LogP contribution in [0.1, 0.15) is 60.3 Å². The number of fused-ring (bicyclic) bond motifs is 1. The zero-order chi connectivity index (χ0) is 23.2. The summed E-state index contributed by atoms with van der Waals surface area (Å²) < 4.78 is 5.61. The third kappa shape index (κ3) is 7.20. The van der Waals surface area contributed by atoms with Crippen LogP contribution in [0.25, 0.3) is 0 Å². The minimum absolute atomic E-state index is 0.0137. The maximum atomic E-state index is 12.2. The second-order valence-corrected chi connectivity index (χ2v) is 10.2. The van der Waals surface area contributed by atoms with Crippen LogP contribution in [0.4, 0.5) is 0 Å². The lowest BCUT2D eigenvalue weighted by atomic mass is 9.89. The maximum absolute atomic E-state index is 12.2. The van der Waals surface area contributed by atoms with Crippen LogP contribution in [0.5, 0.6) is 0 Å². The van der Waals surface area contributed by atoms with Crippen molar-refractivity contribution in [2.45, 2.75) is 78.0 Å². The summed E-state index contributed by atoms with van der Waals surface area (Å²) in [5.74, 6) is 6.92. The smallest absolute Gasteiger partial charge is 0.248 e. The van der Waals surface area contributed by atoms with E-state index in [1.807, 2.05) is 46.8 Å². The van der Waals surface area contributed by atoms with E-state index in [2.05, 4.69) is 17.9 Å². The molecule has 174 valence electrons. The third-order valence-corrected chi connectivity index (χ3v) is 6.92. The molecule has 2 rings (SSSR count). The fourth-order valence-corrected chi connectivity index (χ4v) is 4.55. The molecule has 0 saturated heterocycles. The van der Waals surface area contributed by atoms with Gasteiger partial charge in [0.15, 0.2) is 0 Å². The molecule has 5 heteroatoms. The van der Waals surface area contributed by atoms with E-state index in [9.17, 15) is 15.0 Å². The van der Waals surface area contributed by atoms with Crippen molar-refractivity contribution in [2.75, 3.05) is 20.3 Å². The first-order valence-electron chi connectivity index (χ1n) is 11.5. The Hall–Kier alpha value is -1.61. The standard InChI is InChI=1S/C26H41NO4/c1-7-8-9-18(2)23(28)11-10-21-22-15-19(14-20(22)16-24(21)29)12-13-31-17-25(30)27(6)26(3,4)5/h10-12,18,20-24,28-29H,9,13-17H2,1-6H3/b11-10+,19-12?/t18-,20-,21+,22-,23-,24+/m0/s1. The predicted molar refractivity (Wildman–Crippen MR) is 124 cm³/mol. The van der Waals surface area contributed by atoms with Gasteiger partial charge in [-0.2, -0.15) is 0 Å². The Morgan fingerprint density at radius 2 is 2.06 bits per heavy atom. The van der Waals surface area contributed by atoms with Crippen LogP contribution in [0, 0.1) is 35.5 Å². The number of aliphatic hydroxyl groups excluding tert-OH is 2. The molecule has 0 aromatic carbocycles. The molecule has 0 radical (unpaired) electrons. The SMILES string of the molecule is CC#CC[C@H](C)[C@@H](O)/C=C/[C@@H]1[C@H]2CC(=CCOCC(=O)N(C)C(C)(C)C)C[C@H]2C[C@H]1O. The van der Waals surface area contributed by atoms with Gasteiger partial charge in [-0.15, -0.1) is 11.8 Å². The lowest BCUT2D eigenvalue weighted by Crippen LogP contribution is -2.44. The Labute approximate surface area is 188 Å². The van der Waals surface area contributed by atoms with Gasteiger partial charge in [-0.1, -0.05) is 30.7 Å². The molecule has 31 heavy (non-hydrogen) atoms. The third-order valence-electron chi connectivity index (χ3n) is 6.92. The second-order valence-electron chi connectivity index (χ2n) is 10.2. The van der Waals surface area contributed by atoms with E-state index in [-0.39, 0.29) is 36.0 Å². The Kier molecular flexibility index (Phi) is 9.36. The normalized spacial score (nSPS) is 29.0. The minimum atomic E-state index is -0.541. The number of carbonyl (C=O) groups is 1. The highest BCUT2D eigenvalue weighted by molar-refractivity contribution is 5.77. The summed E-state index contributed by atoms with van der Waals surface area (Å²) in [4.78, 5) is 13.9. The summed E-state index contributed by atoms with van der Waals surface area (Å²) >= 11 is 0. The summed E-state index contributed by atoms with van der Waals surface area (Å²) in [6.45, 7) is 10.3. The van der Waals surface area contributed by atoms with Crippen molar-refractivity contribution in [1.29, 1.82) is 0 Å². The second kappa shape index (κ2) is 11.3. The highest BCUT2D eigenvalue weighted by Gasteiger charge is 2.45. The van der Waals surface area contributed by atoms with E-state index in [0.717, 1.165) is 19.3 Å². The topological polar surface area (TPSA) is 70.0 Å². The zero-order valence-corrected chi connectivity index (χ0v) is 20.1. The van der Waals surface area contributed by atoms with Crippen LogP contribution < -0.4 is 0 Å². The summed E-state index contributed by atoms with van der Waals surface area (Å²) in [6.07, 6.45) is 8.50. The summed E-state index contributed by atoms with van der Waals surface area (Å²) in [7, 11) is 1.80. The molecule has 2 fully saturated rings. The van der Waals surface area contributed by atoms with Gasteiger partial charge in [0, 0.05) is 24.9 Å². The van der Waals surface area contributed by atoms with Crippen molar-refractivity contribution >= 4 is 5.91 Å². The number of aliphatic hydroxyl groups is 2. The average molecular weight is 432 g/mol. The fourth-order valence-electron chi connectivity index (χ4n) is 4.55. The molecule has 0 heterocycles. The highest BCUT2D eigenvalue weighted by Crippen LogP contribution is 2.50. The number of carbonyl (C=O) groups excluding carboxylic acids is 1. The van der Waals surface area contributed by atoms with E-state index in [0.29, 0.717) is 24.9 Å². The molecule has 2 saturated carbocycles. The highest BCUT2D eigenvalue weighted by atomic mass is 16.5. The largest absolute Gasteiger partial charge is 0.392 e. The first kappa shape index (κ1) is 25.6. The van der Waals surface area contributed by atoms with Gasteiger partial charge >= 0.3 is 0 Å². The number of amides is 1. The van der Waals surface area contributed by atoms with E-state index >= 15 is 0 Å². The molecule has 0 aromatic heterocycles. The molecular formula is C26H41NO4. The molecule has 0 aliphatic heterocycles. The predicted octanol–water partition coefficient (Wildman–Crippen LogP) is 3.56. The van der Waals surface area contributed by atoms with Crippen LogP contribution in [0.3, 0.4) is 0 Å². The number of rotatable bonds is 8. The van der Waals surface area contributed by atoms with Gasteiger partial charge in [0.2, 0.25) is 5.91 Å². The Morgan fingerprint density at radius 1 is 1.35 bits per heavy atom. The number of nitrogens with zero attached hydrogens (tertiary/aromatic N) is 1. The molecule has 0 unspecified atom stereocenters. The van der Waals surface area contributed by atoms with Crippen molar-refractivity contribution in [3.63, 3.8) is 0 Å². The van der Waals surface area contributed by atoms with Gasteiger partial charge in [0.1, 0.15) is 6.61 Å². The van der Waals surface area contributed by atoms with Crippen molar-refractivity contribution in [2.24, 2.45) is 23.7 Å². The Morgan fingerprint density at radius 3 is 2.71 bits per heavy atom. The Bertz CT molecular complexity index is 724. The summed E-state index contributed by atoms with van der Waals surface area (Å²) in [5, 5.41) is 20.9. The van der Waals surface area contributed by atoms with Crippen LogP contribution in [-0.4, -0.2) is 59.0 Å². The van der Waals surface area contributed by atoms with E-state index in [4.69, 9.17) is 4.74 Å². The molecule has 2 N–H and O–H groups in total. The number of allylic oxidation sites excluding steroid dienone is 1. The summed E-state index contributed by atoms with van der Waals surface area (Å²) in [5.41, 5.74) is 1.14.